The first-order valence-electron chi connectivity index (χ1n) is 9.33. The van der Waals surface area contributed by atoms with Gasteiger partial charge in [0.1, 0.15) is 5.75 Å². The fraction of sp³-hybridized carbons (Fsp3) is 0.208. The molecule has 3 aromatic carbocycles. The number of rotatable bonds is 1. The third-order valence-electron chi connectivity index (χ3n) is 5.67. The third kappa shape index (κ3) is 2.37. The van der Waals surface area contributed by atoms with Crippen molar-refractivity contribution in [2.24, 2.45) is 5.92 Å². The van der Waals surface area contributed by atoms with Crippen molar-refractivity contribution in [2.45, 2.75) is 26.2 Å². The van der Waals surface area contributed by atoms with Crippen molar-refractivity contribution < 1.29 is 5.11 Å². The van der Waals surface area contributed by atoms with E-state index in [1.807, 2.05) is 12.1 Å². The van der Waals surface area contributed by atoms with Gasteiger partial charge in [0.2, 0.25) is 0 Å². The topological polar surface area (TPSA) is 33.1 Å². The van der Waals surface area contributed by atoms with Crippen molar-refractivity contribution in [3.05, 3.63) is 71.8 Å². The number of benzene rings is 3. The predicted molar refractivity (Wildman–Crippen MR) is 108 cm³/mol. The Kier molecular flexibility index (Phi) is 3.46. The SMILES string of the molecule is C[C@H]1CCc2c(c(-c3ccc(O)cc3)nc3ccc4ccccc4c23)C1. The molecule has 1 aliphatic carbocycles. The molecule has 0 bridgehead atoms. The van der Waals surface area contributed by atoms with Crippen molar-refractivity contribution in [1.29, 1.82) is 0 Å². The van der Waals surface area contributed by atoms with E-state index in [0.717, 1.165) is 29.6 Å². The standard InChI is InChI=1S/C24H21NO/c1-15-6-12-20-21(14-15)24(17-7-10-18(26)11-8-17)25-22-13-9-16-4-2-3-5-19(16)23(20)22/h2-5,7-11,13,15,26H,6,12,14H2,1H3/t15-/m0/s1. The highest BCUT2D eigenvalue weighted by atomic mass is 16.3. The Bertz CT molecular complexity index is 1130. The number of hydrogen-bond donors (Lipinski definition) is 1. The van der Waals surface area contributed by atoms with Crippen LogP contribution in [0.5, 0.6) is 5.75 Å². The highest BCUT2D eigenvalue weighted by molar-refractivity contribution is 6.09. The maximum Gasteiger partial charge on any atom is 0.115 e. The number of aromatic hydroxyl groups is 1. The average Bonchev–Trinajstić information content (AvgIpc) is 2.67. The van der Waals surface area contributed by atoms with Crippen LogP contribution in [0.4, 0.5) is 0 Å². The van der Waals surface area contributed by atoms with Crippen LogP contribution in [0, 0.1) is 5.92 Å². The minimum Gasteiger partial charge on any atom is -0.508 e. The smallest absolute Gasteiger partial charge is 0.115 e. The molecule has 1 atom stereocenters. The molecule has 0 fully saturated rings. The van der Waals surface area contributed by atoms with E-state index >= 15 is 0 Å². The Balaban J connectivity index is 1.88. The molecule has 1 aromatic heterocycles. The summed E-state index contributed by atoms with van der Waals surface area (Å²) in [6.45, 7) is 2.33. The summed E-state index contributed by atoms with van der Waals surface area (Å²) in [4.78, 5) is 5.09. The van der Waals surface area contributed by atoms with Crippen molar-refractivity contribution in [3.8, 4) is 17.0 Å². The first-order valence-corrected chi connectivity index (χ1v) is 9.33. The molecule has 128 valence electrons. The molecule has 0 saturated carbocycles. The van der Waals surface area contributed by atoms with E-state index in [1.54, 1.807) is 12.1 Å². The second-order valence-electron chi connectivity index (χ2n) is 7.49. The zero-order valence-electron chi connectivity index (χ0n) is 14.9. The zero-order valence-corrected chi connectivity index (χ0v) is 14.9. The average molecular weight is 339 g/mol. The molecule has 0 aliphatic heterocycles. The monoisotopic (exact) mass is 339 g/mol. The Morgan fingerprint density at radius 1 is 0.923 bits per heavy atom. The lowest BCUT2D eigenvalue weighted by Gasteiger charge is -2.26. The molecule has 0 amide bonds. The molecule has 4 aromatic rings. The summed E-state index contributed by atoms with van der Waals surface area (Å²) in [6, 6.07) is 20.4. The molecule has 2 nitrogen and oxygen atoms in total. The zero-order chi connectivity index (χ0) is 17.7. The van der Waals surface area contributed by atoms with Crippen LogP contribution < -0.4 is 0 Å². The molecule has 5 rings (SSSR count). The Labute approximate surface area is 153 Å². The molecular weight excluding hydrogens is 318 g/mol. The van der Waals surface area contributed by atoms with Gasteiger partial charge in [-0.05, 0) is 77.4 Å². The minimum atomic E-state index is 0.294. The van der Waals surface area contributed by atoms with Crippen molar-refractivity contribution in [3.63, 3.8) is 0 Å². The molecule has 0 saturated heterocycles. The maximum atomic E-state index is 9.65. The molecule has 0 radical (unpaired) electrons. The van der Waals surface area contributed by atoms with Crippen LogP contribution in [-0.4, -0.2) is 10.1 Å². The first kappa shape index (κ1) is 15.4. The predicted octanol–water partition coefficient (Wildman–Crippen LogP) is 5.89. The summed E-state index contributed by atoms with van der Waals surface area (Å²) in [5.41, 5.74) is 6.09. The van der Waals surface area contributed by atoms with Gasteiger partial charge < -0.3 is 5.11 Å². The highest BCUT2D eigenvalue weighted by Gasteiger charge is 2.23. The fourth-order valence-corrected chi connectivity index (χ4v) is 4.35. The number of aryl methyl sites for hydroxylation is 1. The van der Waals surface area contributed by atoms with Gasteiger partial charge in [-0.25, -0.2) is 4.98 Å². The van der Waals surface area contributed by atoms with E-state index in [1.165, 1.54) is 33.7 Å². The number of phenolic OH excluding ortho intramolecular Hbond substituents is 1. The fourth-order valence-electron chi connectivity index (χ4n) is 4.35. The van der Waals surface area contributed by atoms with Gasteiger partial charge in [0, 0.05) is 10.9 Å². The first-order chi connectivity index (χ1) is 12.7. The number of nitrogens with zero attached hydrogens (tertiary/aromatic N) is 1. The number of pyridine rings is 1. The van der Waals surface area contributed by atoms with Gasteiger partial charge in [-0.1, -0.05) is 37.3 Å². The van der Waals surface area contributed by atoms with Gasteiger partial charge in [-0.2, -0.15) is 0 Å². The quantitative estimate of drug-likeness (QED) is 0.439. The lowest BCUT2D eigenvalue weighted by Crippen LogP contribution is -2.14. The van der Waals surface area contributed by atoms with Gasteiger partial charge in [-0.3, -0.25) is 0 Å². The van der Waals surface area contributed by atoms with Gasteiger partial charge in [0.05, 0.1) is 11.2 Å². The molecule has 1 heterocycles. The number of fused-ring (bicyclic) bond motifs is 5. The summed E-state index contributed by atoms with van der Waals surface area (Å²) in [6.07, 6.45) is 3.40. The van der Waals surface area contributed by atoms with E-state index in [2.05, 4.69) is 43.3 Å². The lowest BCUT2D eigenvalue weighted by molar-refractivity contribution is 0.475. The van der Waals surface area contributed by atoms with Gasteiger partial charge in [-0.15, -0.1) is 0 Å². The Morgan fingerprint density at radius 3 is 2.58 bits per heavy atom. The summed E-state index contributed by atoms with van der Waals surface area (Å²) in [7, 11) is 0. The van der Waals surface area contributed by atoms with Crippen molar-refractivity contribution in [2.75, 3.05) is 0 Å². The molecule has 0 spiro atoms. The normalized spacial score (nSPS) is 16.7. The molecule has 26 heavy (non-hydrogen) atoms. The van der Waals surface area contributed by atoms with Crippen LogP contribution in [0.3, 0.4) is 0 Å². The second kappa shape index (κ2) is 5.84. The van der Waals surface area contributed by atoms with E-state index in [0.29, 0.717) is 11.7 Å². The van der Waals surface area contributed by atoms with Crippen molar-refractivity contribution >= 4 is 21.7 Å². The van der Waals surface area contributed by atoms with Gasteiger partial charge in [0.25, 0.3) is 0 Å². The Morgan fingerprint density at radius 2 is 1.73 bits per heavy atom. The second-order valence-corrected chi connectivity index (χ2v) is 7.49. The molecule has 1 aliphatic rings. The highest BCUT2D eigenvalue weighted by Crippen LogP contribution is 2.39. The number of aromatic nitrogens is 1. The van der Waals surface area contributed by atoms with E-state index in [4.69, 9.17) is 4.98 Å². The third-order valence-corrected chi connectivity index (χ3v) is 5.67. The van der Waals surface area contributed by atoms with Crippen LogP contribution in [0.2, 0.25) is 0 Å². The summed E-state index contributed by atoms with van der Waals surface area (Å²) in [5.74, 6) is 0.968. The maximum absolute atomic E-state index is 9.65. The minimum absolute atomic E-state index is 0.294. The Hall–Kier alpha value is -2.87. The van der Waals surface area contributed by atoms with Crippen LogP contribution in [0.25, 0.3) is 32.9 Å². The van der Waals surface area contributed by atoms with Crippen LogP contribution in [0.15, 0.2) is 60.7 Å². The van der Waals surface area contributed by atoms with Crippen molar-refractivity contribution in [1.82, 2.24) is 4.98 Å². The number of phenols is 1. The van der Waals surface area contributed by atoms with Gasteiger partial charge >= 0.3 is 0 Å². The molecule has 1 N–H and O–H groups in total. The van der Waals surface area contributed by atoms with E-state index in [-0.39, 0.29) is 0 Å². The summed E-state index contributed by atoms with van der Waals surface area (Å²) in [5, 5.41) is 13.6. The van der Waals surface area contributed by atoms with Gasteiger partial charge in [0.15, 0.2) is 0 Å². The van der Waals surface area contributed by atoms with E-state index in [9.17, 15) is 5.11 Å². The van der Waals surface area contributed by atoms with Crippen LogP contribution in [0.1, 0.15) is 24.5 Å². The molecule has 0 unspecified atom stereocenters. The summed E-state index contributed by atoms with van der Waals surface area (Å²) < 4.78 is 0. The summed E-state index contributed by atoms with van der Waals surface area (Å²) >= 11 is 0. The van der Waals surface area contributed by atoms with Crippen LogP contribution >= 0.6 is 0 Å². The largest absolute Gasteiger partial charge is 0.508 e. The lowest BCUT2D eigenvalue weighted by atomic mass is 9.80. The molecular formula is C24H21NO. The number of hydrogen-bond acceptors (Lipinski definition) is 2. The van der Waals surface area contributed by atoms with E-state index < -0.39 is 0 Å². The molecule has 2 heteroatoms. The van der Waals surface area contributed by atoms with Crippen LogP contribution in [-0.2, 0) is 12.8 Å².